The number of hydrogen-bond acceptors (Lipinski definition) is 7. The Morgan fingerprint density at radius 3 is 2.72 bits per heavy atom. The van der Waals surface area contributed by atoms with E-state index in [9.17, 15) is 0 Å². The van der Waals surface area contributed by atoms with Crippen LogP contribution in [0.4, 0.5) is 17.3 Å². The lowest BCUT2D eigenvalue weighted by Crippen LogP contribution is -2.19. The van der Waals surface area contributed by atoms with Crippen LogP contribution in [0.2, 0.25) is 0 Å². The van der Waals surface area contributed by atoms with Gasteiger partial charge in [-0.3, -0.25) is 0 Å². The molecule has 0 spiro atoms. The zero-order valence-corrected chi connectivity index (χ0v) is 14.8. The van der Waals surface area contributed by atoms with Gasteiger partial charge < -0.3 is 24.8 Å². The monoisotopic (exact) mass is 344 g/mol. The van der Waals surface area contributed by atoms with E-state index in [-0.39, 0.29) is 6.10 Å². The average Bonchev–Trinajstić information content (AvgIpc) is 3.13. The van der Waals surface area contributed by atoms with E-state index in [0.717, 1.165) is 43.2 Å². The quantitative estimate of drug-likeness (QED) is 0.799. The van der Waals surface area contributed by atoms with Crippen LogP contribution in [0.3, 0.4) is 0 Å². The molecular formula is C18H24N4O3. The van der Waals surface area contributed by atoms with Gasteiger partial charge >= 0.3 is 0 Å². The molecule has 3 rings (SSSR count). The van der Waals surface area contributed by atoms with Crippen molar-refractivity contribution in [2.75, 3.05) is 38.0 Å². The van der Waals surface area contributed by atoms with Crippen molar-refractivity contribution in [1.82, 2.24) is 9.97 Å². The smallest absolute Gasteiger partial charge is 0.146 e. The van der Waals surface area contributed by atoms with Crippen LogP contribution in [0.15, 0.2) is 24.3 Å². The molecule has 2 aromatic rings. The Balaban J connectivity index is 1.73. The van der Waals surface area contributed by atoms with Crippen molar-refractivity contribution in [3.63, 3.8) is 0 Å². The number of methoxy groups -OCH3 is 2. The number of benzene rings is 1. The summed E-state index contributed by atoms with van der Waals surface area (Å²) in [4.78, 5) is 8.88. The number of rotatable bonds is 7. The molecule has 1 aliphatic rings. The van der Waals surface area contributed by atoms with Crippen LogP contribution in [0, 0.1) is 6.92 Å². The topological polar surface area (TPSA) is 77.5 Å². The summed E-state index contributed by atoms with van der Waals surface area (Å²) in [6.45, 7) is 3.47. The minimum absolute atomic E-state index is 0.258. The number of aromatic nitrogens is 2. The van der Waals surface area contributed by atoms with Crippen LogP contribution in [0.1, 0.15) is 18.7 Å². The minimum atomic E-state index is 0.258. The summed E-state index contributed by atoms with van der Waals surface area (Å²) >= 11 is 0. The first-order valence-electron chi connectivity index (χ1n) is 8.38. The van der Waals surface area contributed by atoms with Gasteiger partial charge in [-0.05, 0) is 31.9 Å². The van der Waals surface area contributed by atoms with E-state index in [1.165, 1.54) is 0 Å². The van der Waals surface area contributed by atoms with E-state index in [4.69, 9.17) is 14.2 Å². The van der Waals surface area contributed by atoms with Gasteiger partial charge in [-0.25, -0.2) is 9.97 Å². The normalized spacial score (nSPS) is 16.5. The number of nitrogens with zero attached hydrogens (tertiary/aromatic N) is 2. The summed E-state index contributed by atoms with van der Waals surface area (Å²) in [7, 11) is 3.25. The Morgan fingerprint density at radius 2 is 2.00 bits per heavy atom. The van der Waals surface area contributed by atoms with E-state index in [0.29, 0.717) is 17.4 Å². The zero-order chi connectivity index (χ0) is 17.6. The molecule has 0 amide bonds. The SMILES string of the molecule is COc1ccc(Nc2cc(NCC3CCCO3)nc(C)n2)c(OC)c1. The standard InChI is InChI=1S/C18H24N4O3/c1-12-20-17(19-11-14-5-4-8-25-14)10-18(21-12)22-15-7-6-13(23-2)9-16(15)24-3/h6-7,9-10,14H,4-5,8,11H2,1-3H3,(H2,19,20,21,22). The van der Waals surface area contributed by atoms with Crippen molar-refractivity contribution < 1.29 is 14.2 Å². The summed E-state index contributed by atoms with van der Waals surface area (Å²) in [6.07, 6.45) is 2.47. The van der Waals surface area contributed by atoms with Gasteiger partial charge in [-0.2, -0.15) is 0 Å². The first-order chi connectivity index (χ1) is 12.2. The first kappa shape index (κ1) is 17.3. The van der Waals surface area contributed by atoms with Crippen LogP contribution in [0.25, 0.3) is 0 Å². The molecular weight excluding hydrogens is 320 g/mol. The fraction of sp³-hybridized carbons (Fsp3) is 0.444. The molecule has 7 heteroatoms. The number of ether oxygens (including phenoxy) is 3. The highest BCUT2D eigenvalue weighted by Gasteiger charge is 2.15. The maximum atomic E-state index is 5.63. The molecule has 1 saturated heterocycles. The van der Waals surface area contributed by atoms with E-state index in [1.807, 2.05) is 31.2 Å². The molecule has 7 nitrogen and oxygen atoms in total. The second-order valence-electron chi connectivity index (χ2n) is 5.89. The van der Waals surface area contributed by atoms with Crippen molar-refractivity contribution >= 4 is 17.3 Å². The molecule has 134 valence electrons. The first-order valence-corrected chi connectivity index (χ1v) is 8.38. The number of hydrogen-bond donors (Lipinski definition) is 2. The van der Waals surface area contributed by atoms with Crippen LogP contribution < -0.4 is 20.1 Å². The van der Waals surface area contributed by atoms with Crippen molar-refractivity contribution in [3.05, 3.63) is 30.1 Å². The third-order valence-electron chi connectivity index (χ3n) is 4.04. The molecule has 0 aliphatic carbocycles. The largest absolute Gasteiger partial charge is 0.497 e. The highest BCUT2D eigenvalue weighted by Crippen LogP contribution is 2.31. The highest BCUT2D eigenvalue weighted by molar-refractivity contribution is 5.67. The second-order valence-corrected chi connectivity index (χ2v) is 5.89. The molecule has 0 radical (unpaired) electrons. The molecule has 0 saturated carbocycles. The van der Waals surface area contributed by atoms with Gasteiger partial charge in [-0.15, -0.1) is 0 Å². The van der Waals surface area contributed by atoms with Crippen molar-refractivity contribution in [2.24, 2.45) is 0 Å². The predicted octanol–water partition coefficient (Wildman–Crippen LogP) is 3.14. The lowest BCUT2D eigenvalue weighted by atomic mass is 10.2. The van der Waals surface area contributed by atoms with Crippen molar-refractivity contribution in [3.8, 4) is 11.5 Å². The Kier molecular flexibility index (Phi) is 5.55. The lowest BCUT2D eigenvalue weighted by molar-refractivity contribution is 0.120. The summed E-state index contributed by atoms with van der Waals surface area (Å²) in [5.41, 5.74) is 0.812. The number of aryl methyl sites for hydroxylation is 1. The molecule has 1 unspecified atom stereocenters. The Hall–Kier alpha value is -2.54. The Bertz CT molecular complexity index is 717. The van der Waals surface area contributed by atoms with Gasteiger partial charge in [0.25, 0.3) is 0 Å². The number of nitrogens with one attached hydrogen (secondary N) is 2. The molecule has 2 N–H and O–H groups in total. The number of anilines is 3. The van der Waals surface area contributed by atoms with Crippen LogP contribution in [-0.4, -0.2) is 43.4 Å². The van der Waals surface area contributed by atoms with Gasteiger partial charge in [0.15, 0.2) is 0 Å². The van der Waals surface area contributed by atoms with Crippen molar-refractivity contribution in [2.45, 2.75) is 25.9 Å². The molecule has 1 aromatic carbocycles. The second kappa shape index (κ2) is 8.02. The highest BCUT2D eigenvalue weighted by atomic mass is 16.5. The van der Waals surface area contributed by atoms with Gasteiger partial charge in [-0.1, -0.05) is 0 Å². The van der Waals surface area contributed by atoms with Crippen molar-refractivity contribution in [1.29, 1.82) is 0 Å². The molecule has 1 aromatic heterocycles. The van der Waals surface area contributed by atoms with E-state index >= 15 is 0 Å². The van der Waals surface area contributed by atoms with E-state index in [2.05, 4.69) is 20.6 Å². The summed E-state index contributed by atoms with van der Waals surface area (Å²) in [5.74, 6) is 3.58. The third kappa shape index (κ3) is 4.51. The fourth-order valence-corrected chi connectivity index (χ4v) is 2.79. The summed E-state index contributed by atoms with van der Waals surface area (Å²) < 4.78 is 16.3. The van der Waals surface area contributed by atoms with E-state index < -0.39 is 0 Å². The maximum Gasteiger partial charge on any atom is 0.146 e. The molecule has 1 aliphatic heterocycles. The molecule has 1 atom stereocenters. The van der Waals surface area contributed by atoms with Gasteiger partial charge in [0.2, 0.25) is 0 Å². The van der Waals surface area contributed by atoms with Crippen LogP contribution >= 0.6 is 0 Å². The summed E-state index contributed by atoms with van der Waals surface area (Å²) in [5, 5.41) is 6.61. The minimum Gasteiger partial charge on any atom is -0.497 e. The Labute approximate surface area is 147 Å². The zero-order valence-electron chi connectivity index (χ0n) is 14.8. The maximum absolute atomic E-state index is 5.63. The average molecular weight is 344 g/mol. The third-order valence-corrected chi connectivity index (χ3v) is 4.04. The molecule has 1 fully saturated rings. The molecule has 2 heterocycles. The van der Waals surface area contributed by atoms with Crippen LogP contribution in [-0.2, 0) is 4.74 Å². The lowest BCUT2D eigenvalue weighted by Gasteiger charge is -2.14. The Morgan fingerprint density at radius 1 is 1.16 bits per heavy atom. The van der Waals surface area contributed by atoms with E-state index in [1.54, 1.807) is 14.2 Å². The van der Waals surface area contributed by atoms with Gasteiger partial charge in [0.05, 0.1) is 26.0 Å². The molecule has 25 heavy (non-hydrogen) atoms. The van der Waals surface area contributed by atoms with Gasteiger partial charge in [0, 0.05) is 25.3 Å². The predicted molar refractivity (Wildman–Crippen MR) is 97.1 cm³/mol. The van der Waals surface area contributed by atoms with Crippen LogP contribution in [0.5, 0.6) is 11.5 Å². The summed E-state index contributed by atoms with van der Waals surface area (Å²) in [6, 6.07) is 7.47. The molecule has 0 bridgehead atoms. The van der Waals surface area contributed by atoms with Gasteiger partial charge in [0.1, 0.15) is 29.0 Å². The fourth-order valence-electron chi connectivity index (χ4n) is 2.79.